The average Bonchev–Trinajstić information content (AvgIpc) is 1.59. The molecule has 0 aromatic carbocycles. The fraction of sp³-hybridized carbons (Fsp3) is 0.500. The first-order chi connectivity index (χ1) is 4.54. The quantitative estimate of drug-likeness (QED) is 0.690. The minimum Gasteiger partial charge on any atom is -0.396 e. The van der Waals surface area contributed by atoms with Crippen molar-refractivity contribution in [3.8, 4) is 0 Å². The van der Waals surface area contributed by atoms with Gasteiger partial charge in [0.15, 0.2) is 0 Å². The van der Waals surface area contributed by atoms with Gasteiger partial charge in [-0.2, -0.15) is 0 Å². The minimum absolute atomic E-state index is 0.210. The average molecular weight is 198 g/mol. The third-order valence-corrected chi connectivity index (χ3v) is 1.36. The molecule has 0 heterocycles. The van der Waals surface area contributed by atoms with E-state index in [-0.39, 0.29) is 6.08 Å². The molecule has 0 aliphatic carbocycles. The van der Waals surface area contributed by atoms with Gasteiger partial charge in [-0.05, 0) is 6.42 Å². The van der Waals surface area contributed by atoms with Gasteiger partial charge in [0, 0.05) is 6.61 Å². The van der Waals surface area contributed by atoms with E-state index in [4.69, 9.17) is 5.11 Å². The van der Waals surface area contributed by atoms with Crippen molar-refractivity contribution in [1.82, 2.24) is 0 Å². The van der Waals surface area contributed by atoms with E-state index < -0.39 is 28.7 Å². The molecule has 0 spiro atoms. The van der Waals surface area contributed by atoms with Crippen LogP contribution in [0.5, 0.6) is 0 Å². The van der Waals surface area contributed by atoms with Gasteiger partial charge in [-0.1, -0.05) is 25.5 Å². The molecule has 7 heteroatoms. The van der Waals surface area contributed by atoms with Gasteiger partial charge in [-0.25, -0.2) is 0 Å². The highest BCUT2D eigenvalue weighted by Crippen LogP contribution is 2.98. The molecule has 11 heavy (non-hydrogen) atoms. The molecular weight excluding hydrogens is 191 g/mol. The largest absolute Gasteiger partial charge is 0.396 e. The minimum atomic E-state index is -9.37. The van der Waals surface area contributed by atoms with Crippen molar-refractivity contribution in [2.45, 2.75) is 6.42 Å². The van der Waals surface area contributed by atoms with Crippen LogP contribution in [0.3, 0.4) is 0 Å². The molecule has 0 unspecified atom stereocenters. The molecule has 0 radical (unpaired) electrons. The van der Waals surface area contributed by atoms with Gasteiger partial charge in [0.25, 0.3) is 0 Å². The van der Waals surface area contributed by atoms with Crippen molar-refractivity contribution in [2.75, 3.05) is 6.61 Å². The maximum Gasteiger partial charge on any atom is 0.304 e. The third kappa shape index (κ3) is 9.70. The molecule has 0 aromatic rings. The zero-order chi connectivity index (χ0) is 9.24. The van der Waals surface area contributed by atoms with Gasteiger partial charge in [0.05, 0.1) is 5.41 Å². The van der Waals surface area contributed by atoms with Crippen molar-refractivity contribution in [3.05, 3.63) is 11.5 Å². The van der Waals surface area contributed by atoms with Crippen LogP contribution in [0.2, 0.25) is 0 Å². The molecule has 0 aliphatic heterocycles. The van der Waals surface area contributed by atoms with Crippen molar-refractivity contribution < 1.29 is 24.5 Å². The van der Waals surface area contributed by atoms with Crippen LogP contribution in [0.15, 0.2) is 11.5 Å². The van der Waals surface area contributed by atoms with Crippen LogP contribution < -0.4 is 0 Å². The Morgan fingerprint density at radius 1 is 1.09 bits per heavy atom. The lowest BCUT2D eigenvalue weighted by atomic mass is 10.5. The first-order valence-electron chi connectivity index (χ1n) is 2.57. The van der Waals surface area contributed by atoms with E-state index in [1.54, 1.807) is 0 Å². The van der Waals surface area contributed by atoms with Crippen LogP contribution in [-0.2, 0) is 0 Å². The standard InChI is InChI=1S/C4H7F5OS/c5-11(6,7,8,9)4-2-1-3-10/h2,4,10H,1,3H2/b4-2+. The summed E-state index contributed by atoms with van der Waals surface area (Å²) < 4.78 is 56.9. The summed E-state index contributed by atoms with van der Waals surface area (Å²) in [6.07, 6.45) is -0.215. The van der Waals surface area contributed by atoms with Gasteiger partial charge in [0.2, 0.25) is 0 Å². The maximum atomic E-state index is 11.4. The van der Waals surface area contributed by atoms with Crippen LogP contribution in [0.4, 0.5) is 19.4 Å². The van der Waals surface area contributed by atoms with Crippen LogP contribution in [0, 0.1) is 0 Å². The second-order valence-electron chi connectivity index (χ2n) is 1.91. The monoisotopic (exact) mass is 198 g/mol. The van der Waals surface area contributed by atoms with Crippen LogP contribution >= 0.6 is 10.2 Å². The molecule has 1 nitrogen and oxygen atoms in total. The Balaban J connectivity index is 4.37. The lowest BCUT2D eigenvalue weighted by Gasteiger charge is -2.36. The van der Waals surface area contributed by atoms with Crippen molar-refractivity contribution >= 4 is 10.2 Å². The molecule has 0 atom stereocenters. The zero-order valence-corrected chi connectivity index (χ0v) is 6.13. The Kier molecular flexibility index (Phi) is 2.04. The van der Waals surface area contributed by atoms with Crippen LogP contribution in [0.25, 0.3) is 0 Å². The normalized spacial score (nSPS) is 19.8. The Hall–Kier alpha value is -0.300. The summed E-state index contributed by atoms with van der Waals surface area (Å²) in [5, 5.41) is 6.92. The summed E-state index contributed by atoms with van der Waals surface area (Å²) in [4.78, 5) is 0. The molecule has 0 bridgehead atoms. The SMILES string of the molecule is OCC/C=C/S(F)(F)(F)(F)F. The topological polar surface area (TPSA) is 20.2 Å². The summed E-state index contributed by atoms with van der Waals surface area (Å²) in [5.41, 5.74) is 0. The Morgan fingerprint density at radius 2 is 1.55 bits per heavy atom. The zero-order valence-electron chi connectivity index (χ0n) is 5.31. The van der Waals surface area contributed by atoms with E-state index in [1.807, 2.05) is 0 Å². The van der Waals surface area contributed by atoms with Gasteiger partial charge >= 0.3 is 10.2 Å². The van der Waals surface area contributed by atoms with Gasteiger partial charge in [-0.3, -0.25) is 0 Å². The van der Waals surface area contributed by atoms with Gasteiger partial charge in [0.1, 0.15) is 0 Å². The van der Waals surface area contributed by atoms with Crippen molar-refractivity contribution in [2.24, 2.45) is 0 Å². The molecule has 0 aromatic heterocycles. The second kappa shape index (κ2) is 2.10. The second-order valence-corrected chi connectivity index (χ2v) is 4.24. The van der Waals surface area contributed by atoms with Crippen LogP contribution in [0.1, 0.15) is 6.42 Å². The molecule has 0 rings (SSSR count). The smallest absolute Gasteiger partial charge is 0.304 e. The summed E-state index contributed by atoms with van der Waals surface area (Å²) in [7, 11) is -9.37. The van der Waals surface area contributed by atoms with Crippen molar-refractivity contribution in [1.29, 1.82) is 0 Å². The molecule has 0 saturated carbocycles. The first-order valence-corrected chi connectivity index (χ1v) is 4.58. The highest BCUT2D eigenvalue weighted by molar-refractivity contribution is 8.48. The number of halogens is 5. The lowest BCUT2D eigenvalue weighted by Crippen LogP contribution is -1.99. The van der Waals surface area contributed by atoms with Gasteiger partial charge in [-0.15, -0.1) is 0 Å². The molecule has 0 saturated heterocycles. The number of aliphatic hydroxyl groups is 1. The summed E-state index contributed by atoms with van der Waals surface area (Å²) in [6, 6.07) is 0. The lowest BCUT2D eigenvalue weighted by molar-refractivity contribution is 0.302. The fourth-order valence-corrected chi connectivity index (χ4v) is 0.824. The third-order valence-electron chi connectivity index (χ3n) is 0.649. The summed E-state index contributed by atoms with van der Waals surface area (Å²) in [6.45, 7) is -0.579. The predicted molar refractivity (Wildman–Crippen MR) is 34.0 cm³/mol. The van der Waals surface area contributed by atoms with Crippen LogP contribution in [-0.4, -0.2) is 11.7 Å². The predicted octanol–water partition coefficient (Wildman–Crippen LogP) is 3.18. The molecule has 1 N–H and O–H groups in total. The molecule has 0 amide bonds. The summed E-state index contributed by atoms with van der Waals surface area (Å²) in [5.74, 6) is 0. The van der Waals surface area contributed by atoms with E-state index >= 15 is 0 Å². The van der Waals surface area contributed by atoms with E-state index in [2.05, 4.69) is 0 Å². The molecule has 70 valence electrons. The molecule has 0 fully saturated rings. The van der Waals surface area contributed by atoms with E-state index in [1.165, 1.54) is 0 Å². The van der Waals surface area contributed by atoms with E-state index in [0.717, 1.165) is 0 Å². The Bertz CT molecular complexity index is 166. The highest BCUT2D eigenvalue weighted by atomic mass is 32.5. The maximum absolute atomic E-state index is 11.4. The molecular formula is C4H7F5OS. The van der Waals surface area contributed by atoms with E-state index in [9.17, 15) is 19.4 Å². The Labute approximate surface area is 60.2 Å². The fourth-order valence-electron chi connectivity index (χ4n) is 0.324. The van der Waals surface area contributed by atoms with Crippen molar-refractivity contribution in [3.63, 3.8) is 0 Å². The highest BCUT2D eigenvalue weighted by Gasteiger charge is 2.60. The molecule has 0 aliphatic rings. The number of hydrogen-bond acceptors (Lipinski definition) is 1. The summed E-state index contributed by atoms with van der Waals surface area (Å²) >= 11 is 0. The Morgan fingerprint density at radius 3 is 1.82 bits per heavy atom. The number of aliphatic hydroxyl groups excluding tert-OH is 1. The number of rotatable bonds is 3. The van der Waals surface area contributed by atoms with Gasteiger partial charge < -0.3 is 5.11 Å². The first kappa shape index (κ1) is 10.7. The number of hydrogen-bond donors (Lipinski definition) is 1. The van der Waals surface area contributed by atoms with E-state index in [0.29, 0.717) is 0 Å².